The zero-order chi connectivity index (χ0) is 18.4. The summed E-state index contributed by atoms with van der Waals surface area (Å²) in [4.78, 5) is 5.17. The second-order valence-corrected chi connectivity index (χ2v) is 8.15. The molecule has 2 aliphatic carbocycles. The average molecular weight is 366 g/mol. The highest BCUT2D eigenvalue weighted by Crippen LogP contribution is 2.57. The minimum absolute atomic E-state index is 0.538. The number of hydrogen-bond donors (Lipinski definition) is 3. The standard InChI is InChI=1S/C22H18N6/c23-22-13-8-12(3-4-15(13)27-28-22)21-19-11-2-1-10(7-11)18(19)20-14-9-24-26-16(14)5-6-17(20)25-21/h3-6,8-11H,1-2,7H2,(H,24,26)(H3,23,27,28)/t10-,11+/m1/s1. The van der Waals surface area contributed by atoms with Crippen molar-refractivity contribution in [2.24, 2.45) is 0 Å². The van der Waals surface area contributed by atoms with Crippen LogP contribution in [0.5, 0.6) is 0 Å². The number of benzene rings is 2. The van der Waals surface area contributed by atoms with Crippen molar-refractivity contribution in [3.63, 3.8) is 0 Å². The van der Waals surface area contributed by atoms with E-state index in [0.717, 1.165) is 33.2 Å². The zero-order valence-electron chi connectivity index (χ0n) is 15.2. The Balaban J connectivity index is 1.61. The van der Waals surface area contributed by atoms with E-state index >= 15 is 0 Å². The summed E-state index contributed by atoms with van der Waals surface area (Å²) in [5, 5.41) is 18.0. The maximum Gasteiger partial charge on any atom is 0.153 e. The number of pyridine rings is 1. The van der Waals surface area contributed by atoms with Gasteiger partial charge in [0, 0.05) is 21.7 Å². The molecule has 1 saturated carbocycles. The van der Waals surface area contributed by atoms with E-state index in [2.05, 4.69) is 50.7 Å². The van der Waals surface area contributed by atoms with Gasteiger partial charge >= 0.3 is 0 Å². The van der Waals surface area contributed by atoms with E-state index in [-0.39, 0.29) is 0 Å². The topological polar surface area (TPSA) is 96.3 Å². The van der Waals surface area contributed by atoms with Gasteiger partial charge in [-0.2, -0.15) is 10.2 Å². The molecule has 0 radical (unpaired) electrons. The van der Waals surface area contributed by atoms with Crippen molar-refractivity contribution in [1.29, 1.82) is 0 Å². The van der Waals surface area contributed by atoms with E-state index in [1.165, 1.54) is 41.2 Å². The lowest BCUT2D eigenvalue weighted by Crippen LogP contribution is -2.04. The van der Waals surface area contributed by atoms with E-state index in [0.29, 0.717) is 17.7 Å². The number of nitrogens with one attached hydrogen (secondary N) is 2. The second kappa shape index (κ2) is 4.90. The SMILES string of the molecule is Nc1n[nH]c2ccc(-c3nc4ccc5[nH]ncc5c4c4c3[C@H]3CC[C@@H]4C3)cc12. The van der Waals surface area contributed by atoms with Crippen molar-refractivity contribution in [3.8, 4) is 11.3 Å². The smallest absolute Gasteiger partial charge is 0.153 e. The number of hydrogen-bond acceptors (Lipinski definition) is 4. The first kappa shape index (κ1) is 14.6. The van der Waals surface area contributed by atoms with Crippen molar-refractivity contribution >= 4 is 38.5 Å². The molecule has 6 heteroatoms. The van der Waals surface area contributed by atoms with E-state index in [4.69, 9.17) is 10.7 Å². The minimum atomic E-state index is 0.538. The van der Waals surface area contributed by atoms with Crippen LogP contribution < -0.4 is 5.73 Å². The van der Waals surface area contributed by atoms with Gasteiger partial charge in [-0.15, -0.1) is 0 Å². The quantitative estimate of drug-likeness (QED) is 0.404. The van der Waals surface area contributed by atoms with E-state index in [9.17, 15) is 0 Å². The van der Waals surface area contributed by atoms with Crippen LogP contribution in [0.1, 0.15) is 42.2 Å². The van der Waals surface area contributed by atoms with Gasteiger partial charge in [-0.05, 0) is 66.5 Å². The number of aromatic amines is 2. The number of nitrogens with zero attached hydrogens (tertiary/aromatic N) is 3. The largest absolute Gasteiger partial charge is 0.382 e. The Bertz CT molecular complexity index is 1430. The minimum Gasteiger partial charge on any atom is -0.382 e. The Morgan fingerprint density at radius 2 is 1.75 bits per heavy atom. The summed E-state index contributed by atoms with van der Waals surface area (Å²) in [7, 11) is 0. The van der Waals surface area contributed by atoms with E-state index < -0.39 is 0 Å². The Kier molecular flexibility index (Phi) is 2.56. The van der Waals surface area contributed by atoms with Gasteiger partial charge in [-0.3, -0.25) is 10.2 Å². The van der Waals surface area contributed by atoms with Gasteiger partial charge < -0.3 is 5.73 Å². The van der Waals surface area contributed by atoms with Crippen LogP contribution in [0.15, 0.2) is 36.5 Å². The fourth-order valence-corrected chi connectivity index (χ4v) is 5.57. The molecule has 3 aromatic heterocycles. The summed E-state index contributed by atoms with van der Waals surface area (Å²) in [6, 6.07) is 10.5. The highest BCUT2D eigenvalue weighted by Gasteiger charge is 2.41. The molecule has 136 valence electrons. The molecule has 7 rings (SSSR count). The number of fused-ring (bicyclic) bond motifs is 10. The molecule has 0 amide bonds. The molecule has 28 heavy (non-hydrogen) atoms. The molecule has 1 fully saturated rings. The van der Waals surface area contributed by atoms with Crippen LogP contribution >= 0.6 is 0 Å². The average Bonchev–Trinajstić information content (AvgIpc) is 3.51. The molecular weight excluding hydrogens is 348 g/mol. The van der Waals surface area contributed by atoms with Crippen molar-refractivity contribution in [2.75, 3.05) is 5.73 Å². The van der Waals surface area contributed by atoms with Crippen molar-refractivity contribution in [1.82, 2.24) is 25.4 Å². The lowest BCUT2D eigenvalue weighted by Gasteiger charge is -2.21. The summed E-state index contributed by atoms with van der Waals surface area (Å²) in [5.41, 5.74) is 14.3. The van der Waals surface area contributed by atoms with E-state index in [1.807, 2.05) is 6.20 Å². The number of H-pyrrole nitrogens is 2. The first-order chi connectivity index (χ1) is 13.8. The molecule has 0 spiro atoms. The Morgan fingerprint density at radius 1 is 0.929 bits per heavy atom. The third-order valence-electron chi connectivity index (χ3n) is 6.76. The molecule has 6 nitrogen and oxygen atoms in total. The number of rotatable bonds is 1. The molecule has 2 atom stereocenters. The van der Waals surface area contributed by atoms with Gasteiger partial charge in [0.05, 0.1) is 28.4 Å². The van der Waals surface area contributed by atoms with Crippen molar-refractivity contribution < 1.29 is 0 Å². The predicted octanol–water partition coefficient (Wildman–Crippen LogP) is 4.60. The molecule has 4 N–H and O–H groups in total. The van der Waals surface area contributed by atoms with Crippen molar-refractivity contribution in [2.45, 2.75) is 31.1 Å². The lowest BCUT2D eigenvalue weighted by molar-refractivity contribution is 0.721. The molecule has 3 heterocycles. The predicted molar refractivity (Wildman–Crippen MR) is 110 cm³/mol. The van der Waals surface area contributed by atoms with Crippen LogP contribution in [0.2, 0.25) is 0 Å². The van der Waals surface area contributed by atoms with Crippen LogP contribution in [0.4, 0.5) is 5.82 Å². The summed E-state index contributed by atoms with van der Waals surface area (Å²) < 4.78 is 0. The highest BCUT2D eigenvalue weighted by molar-refractivity contribution is 6.08. The fourth-order valence-electron chi connectivity index (χ4n) is 5.57. The number of nitrogens with two attached hydrogens (primary N) is 1. The Morgan fingerprint density at radius 3 is 2.68 bits per heavy atom. The van der Waals surface area contributed by atoms with Crippen LogP contribution in [0.25, 0.3) is 44.0 Å². The van der Waals surface area contributed by atoms with Crippen LogP contribution in [0.3, 0.4) is 0 Å². The third-order valence-corrected chi connectivity index (χ3v) is 6.76. The maximum absolute atomic E-state index is 6.06. The second-order valence-electron chi connectivity index (χ2n) is 8.15. The molecule has 2 aliphatic rings. The molecule has 0 aliphatic heterocycles. The first-order valence-electron chi connectivity index (χ1n) is 9.81. The van der Waals surface area contributed by atoms with Crippen LogP contribution in [-0.2, 0) is 0 Å². The van der Waals surface area contributed by atoms with Gasteiger partial charge in [-0.1, -0.05) is 6.07 Å². The number of nitrogen functional groups attached to an aromatic ring is 1. The lowest BCUT2D eigenvalue weighted by atomic mass is 9.85. The summed E-state index contributed by atoms with van der Waals surface area (Å²) in [6.07, 6.45) is 5.73. The summed E-state index contributed by atoms with van der Waals surface area (Å²) in [5.74, 6) is 1.77. The van der Waals surface area contributed by atoms with Crippen molar-refractivity contribution in [3.05, 3.63) is 47.7 Å². The van der Waals surface area contributed by atoms with Gasteiger partial charge in [-0.25, -0.2) is 4.98 Å². The van der Waals surface area contributed by atoms with Crippen LogP contribution in [0, 0.1) is 0 Å². The maximum atomic E-state index is 6.06. The molecule has 2 aromatic carbocycles. The normalized spacial score (nSPS) is 20.6. The highest BCUT2D eigenvalue weighted by atomic mass is 15.1. The Hall–Kier alpha value is -3.41. The van der Waals surface area contributed by atoms with Gasteiger partial charge in [0.25, 0.3) is 0 Å². The van der Waals surface area contributed by atoms with Gasteiger partial charge in [0.1, 0.15) is 0 Å². The van der Waals surface area contributed by atoms with Gasteiger partial charge in [0.2, 0.25) is 0 Å². The summed E-state index contributed by atoms with van der Waals surface area (Å²) in [6.45, 7) is 0. The number of anilines is 1. The van der Waals surface area contributed by atoms with E-state index in [1.54, 1.807) is 0 Å². The Labute approximate surface area is 160 Å². The summed E-state index contributed by atoms with van der Waals surface area (Å²) >= 11 is 0. The molecule has 2 bridgehead atoms. The monoisotopic (exact) mass is 366 g/mol. The molecular formula is C22H18N6. The van der Waals surface area contributed by atoms with Crippen LogP contribution in [-0.4, -0.2) is 25.4 Å². The fraction of sp³-hybridized carbons (Fsp3) is 0.227. The van der Waals surface area contributed by atoms with Gasteiger partial charge in [0.15, 0.2) is 5.82 Å². The number of aromatic nitrogens is 5. The third kappa shape index (κ3) is 1.70. The molecule has 5 aromatic rings. The molecule has 0 saturated heterocycles. The zero-order valence-corrected chi connectivity index (χ0v) is 15.2. The molecule has 0 unspecified atom stereocenters. The first-order valence-corrected chi connectivity index (χ1v) is 9.81.